The average molecular weight is 242 g/mol. The molecule has 0 fully saturated rings. The van der Waals surface area contributed by atoms with Gasteiger partial charge in [0.2, 0.25) is 0 Å². The van der Waals surface area contributed by atoms with Gasteiger partial charge >= 0.3 is 0 Å². The first-order chi connectivity index (χ1) is 8.72. The number of benzene rings is 1. The van der Waals surface area contributed by atoms with Gasteiger partial charge in [-0.2, -0.15) is 0 Å². The molecule has 3 nitrogen and oxygen atoms in total. The Morgan fingerprint density at radius 2 is 2.11 bits per heavy atom. The van der Waals surface area contributed by atoms with Gasteiger partial charge in [0.25, 0.3) is 0 Å². The van der Waals surface area contributed by atoms with Gasteiger partial charge in [0.15, 0.2) is 5.43 Å². The van der Waals surface area contributed by atoms with Crippen LogP contribution >= 0.6 is 0 Å². The van der Waals surface area contributed by atoms with E-state index in [1.54, 1.807) is 6.07 Å². The maximum absolute atomic E-state index is 11.7. The van der Waals surface area contributed by atoms with Crippen LogP contribution in [0.3, 0.4) is 0 Å². The van der Waals surface area contributed by atoms with E-state index in [1.807, 2.05) is 30.5 Å². The van der Waals surface area contributed by atoms with Gasteiger partial charge in [-0.3, -0.25) is 4.79 Å². The Labute approximate surface area is 107 Å². The Bertz CT molecular complexity index is 613. The number of likely N-dealkylation sites (N-methyl/N-ethyl adjacent to an activating group) is 1. The van der Waals surface area contributed by atoms with E-state index in [9.17, 15) is 4.79 Å². The van der Waals surface area contributed by atoms with Crippen molar-refractivity contribution in [2.24, 2.45) is 0 Å². The fourth-order valence-electron chi connectivity index (χ4n) is 2.00. The van der Waals surface area contributed by atoms with E-state index in [0.29, 0.717) is 0 Å². The molecule has 2 aromatic rings. The van der Waals surface area contributed by atoms with E-state index >= 15 is 0 Å². The van der Waals surface area contributed by atoms with Gasteiger partial charge in [-0.05, 0) is 24.3 Å². The van der Waals surface area contributed by atoms with Gasteiger partial charge in [-0.15, -0.1) is 0 Å². The van der Waals surface area contributed by atoms with Crippen LogP contribution in [0, 0.1) is 0 Å². The smallest absolute Gasteiger partial charge is 0.189 e. The lowest BCUT2D eigenvalue weighted by Crippen LogP contribution is -2.19. The minimum atomic E-state index is 0.0687. The molecule has 94 valence electrons. The minimum absolute atomic E-state index is 0.0687. The van der Waals surface area contributed by atoms with Crippen molar-refractivity contribution in [3.05, 3.63) is 58.9 Å². The van der Waals surface area contributed by atoms with Gasteiger partial charge in [-0.1, -0.05) is 25.6 Å². The van der Waals surface area contributed by atoms with Crippen LogP contribution in [0.5, 0.6) is 0 Å². The monoisotopic (exact) mass is 242 g/mol. The molecule has 2 rings (SSSR count). The summed E-state index contributed by atoms with van der Waals surface area (Å²) in [6, 6.07) is 9.29. The molecule has 1 aromatic heterocycles. The molecule has 0 aliphatic heterocycles. The van der Waals surface area contributed by atoms with Crippen molar-refractivity contribution >= 4 is 10.9 Å². The quantitative estimate of drug-likeness (QED) is 0.815. The number of aromatic nitrogens is 1. The molecule has 0 bridgehead atoms. The Morgan fingerprint density at radius 3 is 2.89 bits per heavy atom. The second kappa shape index (κ2) is 5.65. The number of para-hydroxylation sites is 1. The van der Waals surface area contributed by atoms with Crippen LogP contribution in [-0.4, -0.2) is 17.7 Å². The Balaban J connectivity index is 2.32. The largest absolute Gasteiger partial charge is 0.343 e. The molecule has 0 aliphatic rings. The summed E-state index contributed by atoms with van der Waals surface area (Å²) in [4.78, 5) is 11.7. The number of hydrogen-bond donors (Lipinski definition) is 1. The number of fused-ring (bicyclic) bond motifs is 1. The first kappa shape index (κ1) is 12.6. The second-order valence-corrected chi connectivity index (χ2v) is 4.36. The van der Waals surface area contributed by atoms with E-state index in [-0.39, 0.29) is 5.43 Å². The number of pyridine rings is 1. The lowest BCUT2D eigenvalue weighted by molar-refractivity contribution is 0.714. The predicted molar refractivity (Wildman–Crippen MR) is 75.9 cm³/mol. The average Bonchev–Trinajstić information content (AvgIpc) is 2.40. The zero-order chi connectivity index (χ0) is 13.0. The predicted octanol–water partition coefficient (Wildman–Crippen LogP) is 2.17. The van der Waals surface area contributed by atoms with Gasteiger partial charge in [0.1, 0.15) is 0 Å². The number of hydrogen-bond acceptors (Lipinski definition) is 2. The minimum Gasteiger partial charge on any atom is -0.343 e. The summed E-state index contributed by atoms with van der Waals surface area (Å²) < 4.78 is 2.07. The highest BCUT2D eigenvalue weighted by molar-refractivity contribution is 5.78. The number of nitrogens with one attached hydrogen (secondary N) is 1. The highest BCUT2D eigenvalue weighted by atomic mass is 16.1. The molecule has 18 heavy (non-hydrogen) atoms. The zero-order valence-electron chi connectivity index (χ0n) is 10.6. The van der Waals surface area contributed by atoms with Gasteiger partial charge in [-0.25, -0.2) is 0 Å². The van der Waals surface area contributed by atoms with Crippen LogP contribution in [0.4, 0.5) is 0 Å². The molecular formula is C15H18N2O. The lowest BCUT2D eigenvalue weighted by atomic mass is 10.2. The summed E-state index contributed by atoms with van der Waals surface area (Å²) >= 11 is 0. The van der Waals surface area contributed by atoms with E-state index < -0.39 is 0 Å². The summed E-state index contributed by atoms with van der Waals surface area (Å²) in [5, 5.41) is 4.01. The number of rotatable bonds is 5. The van der Waals surface area contributed by atoms with Crippen molar-refractivity contribution in [1.82, 2.24) is 9.88 Å². The van der Waals surface area contributed by atoms with Crippen molar-refractivity contribution in [1.29, 1.82) is 0 Å². The zero-order valence-corrected chi connectivity index (χ0v) is 10.6. The first-order valence-corrected chi connectivity index (χ1v) is 6.18. The standard InChI is InChI=1S/C15H18N2O/c1-3-16-10-12(2)11-17-9-8-15(18)13-6-4-5-7-14(13)17/h4-9,16H,2-3,10-11H2,1H3. The van der Waals surface area contributed by atoms with E-state index in [0.717, 1.165) is 36.1 Å². The molecule has 0 aliphatic carbocycles. The highest BCUT2D eigenvalue weighted by Crippen LogP contribution is 2.10. The Kier molecular flexibility index (Phi) is 3.95. The third kappa shape index (κ3) is 2.68. The van der Waals surface area contributed by atoms with Gasteiger partial charge in [0.05, 0.1) is 5.52 Å². The first-order valence-electron chi connectivity index (χ1n) is 6.18. The third-order valence-electron chi connectivity index (χ3n) is 2.90. The summed E-state index contributed by atoms with van der Waals surface area (Å²) in [7, 11) is 0. The number of nitrogens with zero attached hydrogens (tertiary/aromatic N) is 1. The van der Waals surface area contributed by atoms with Gasteiger partial charge in [0, 0.05) is 30.7 Å². The van der Waals surface area contributed by atoms with E-state index in [2.05, 4.69) is 23.4 Å². The van der Waals surface area contributed by atoms with Crippen molar-refractivity contribution < 1.29 is 0 Å². The Morgan fingerprint density at radius 1 is 1.33 bits per heavy atom. The summed E-state index contributed by atoms with van der Waals surface area (Å²) in [6.07, 6.45) is 1.84. The van der Waals surface area contributed by atoms with E-state index in [4.69, 9.17) is 0 Å². The molecule has 1 aromatic carbocycles. The van der Waals surface area contributed by atoms with Crippen LogP contribution < -0.4 is 10.7 Å². The van der Waals surface area contributed by atoms with Crippen LogP contribution in [0.1, 0.15) is 6.92 Å². The molecule has 1 N–H and O–H groups in total. The SMILES string of the molecule is C=C(CNCC)Cn1ccc(=O)c2ccccc21. The molecule has 0 radical (unpaired) electrons. The fourth-order valence-corrected chi connectivity index (χ4v) is 2.00. The molecule has 0 unspecified atom stereocenters. The maximum Gasteiger partial charge on any atom is 0.189 e. The van der Waals surface area contributed by atoms with Crippen molar-refractivity contribution in [3.8, 4) is 0 Å². The molecule has 0 amide bonds. The van der Waals surface area contributed by atoms with Crippen LogP contribution in [0.15, 0.2) is 53.5 Å². The van der Waals surface area contributed by atoms with Gasteiger partial charge < -0.3 is 9.88 Å². The topological polar surface area (TPSA) is 34.0 Å². The molecule has 0 saturated heterocycles. The van der Waals surface area contributed by atoms with Crippen molar-refractivity contribution in [2.75, 3.05) is 13.1 Å². The summed E-state index contributed by atoms with van der Waals surface area (Å²) in [5.41, 5.74) is 2.13. The van der Waals surface area contributed by atoms with E-state index in [1.165, 1.54) is 0 Å². The molecular weight excluding hydrogens is 224 g/mol. The third-order valence-corrected chi connectivity index (χ3v) is 2.90. The molecule has 3 heteroatoms. The lowest BCUT2D eigenvalue weighted by Gasteiger charge is -2.12. The molecule has 0 saturated carbocycles. The second-order valence-electron chi connectivity index (χ2n) is 4.36. The van der Waals surface area contributed by atoms with Crippen LogP contribution in [-0.2, 0) is 6.54 Å². The molecule has 1 heterocycles. The normalized spacial score (nSPS) is 10.7. The van der Waals surface area contributed by atoms with Crippen LogP contribution in [0.2, 0.25) is 0 Å². The van der Waals surface area contributed by atoms with Crippen LogP contribution in [0.25, 0.3) is 10.9 Å². The molecule has 0 atom stereocenters. The highest BCUT2D eigenvalue weighted by Gasteiger charge is 2.02. The molecule has 0 spiro atoms. The van der Waals surface area contributed by atoms with Crippen molar-refractivity contribution in [2.45, 2.75) is 13.5 Å². The summed E-state index contributed by atoms with van der Waals surface area (Å²) in [5.74, 6) is 0. The van der Waals surface area contributed by atoms with Crippen molar-refractivity contribution in [3.63, 3.8) is 0 Å². The summed E-state index contributed by atoms with van der Waals surface area (Å²) in [6.45, 7) is 8.59. The maximum atomic E-state index is 11.7. The fraction of sp³-hybridized carbons (Fsp3) is 0.267. The Hall–Kier alpha value is -1.87.